The molecule has 26 heavy (non-hydrogen) atoms. The number of halogens is 1. The number of urea groups is 1. The quantitative estimate of drug-likeness (QED) is 0.885. The second kappa shape index (κ2) is 7.08. The van der Waals surface area contributed by atoms with Gasteiger partial charge in [-0.3, -0.25) is 0 Å². The van der Waals surface area contributed by atoms with Crippen LogP contribution in [0.4, 0.5) is 9.18 Å². The molecule has 2 aromatic carbocycles. The van der Waals surface area contributed by atoms with Gasteiger partial charge in [0.1, 0.15) is 5.82 Å². The molecule has 3 aliphatic heterocycles. The largest absolute Gasteiger partial charge is 0.338 e. The molecule has 3 aliphatic rings. The van der Waals surface area contributed by atoms with Gasteiger partial charge < -0.3 is 15.5 Å². The maximum Gasteiger partial charge on any atom is 0.317 e. The molecule has 2 bridgehead atoms. The summed E-state index contributed by atoms with van der Waals surface area (Å²) >= 11 is 0. The summed E-state index contributed by atoms with van der Waals surface area (Å²) in [7, 11) is 0. The van der Waals surface area contributed by atoms with Gasteiger partial charge in [0, 0.05) is 37.6 Å². The van der Waals surface area contributed by atoms with E-state index in [4.69, 9.17) is 0 Å². The molecular formula is C21H24FN3O. The first kappa shape index (κ1) is 17.0. The molecule has 0 aliphatic carbocycles. The predicted molar refractivity (Wildman–Crippen MR) is 101 cm³/mol. The van der Waals surface area contributed by atoms with Gasteiger partial charge in [-0.15, -0.1) is 0 Å². The van der Waals surface area contributed by atoms with Gasteiger partial charge in [-0.25, -0.2) is 9.18 Å². The topological polar surface area (TPSA) is 44.4 Å². The Kier molecular flexibility index (Phi) is 4.64. The van der Waals surface area contributed by atoms with Crippen molar-refractivity contribution in [1.82, 2.24) is 15.5 Å². The van der Waals surface area contributed by atoms with E-state index < -0.39 is 0 Å². The third-order valence-electron chi connectivity index (χ3n) is 5.42. The number of nitrogens with one attached hydrogen (secondary N) is 2. The van der Waals surface area contributed by atoms with E-state index in [1.807, 2.05) is 4.90 Å². The zero-order chi connectivity index (χ0) is 18.1. The summed E-state index contributed by atoms with van der Waals surface area (Å²) in [4.78, 5) is 14.1. The molecule has 3 fully saturated rings. The minimum absolute atomic E-state index is 0.0495. The van der Waals surface area contributed by atoms with Gasteiger partial charge in [-0.05, 0) is 35.2 Å². The van der Waals surface area contributed by atoms with Crippen molar-refractivity contribution in [3.63, 3.8) is 0 Å². The summed E-state index contributed by atoms with van der Waals surface area (Å²) in [5.41, 5.74) is 3.41. The van der Waals surface area contributed by atoms with Gasteiger partial charge in [0.05, 0.1) is 0 Å². The highest BCUT2D eigenvalue weighted by Crippen LogP contribution is 2.37. The van der Waals surface area contributed by atoms with E-state index in [0.717, 1.165) is 37.2 Å². The lowest BCUT2D eigenvalue weighted by molar-refractivity contribution is 0.0711. The predicted octanol–water partition coefficient (Wildman–Crippen LogP) is 3.35. The third kappa shape index (κ3) is 3.19. The van der Waals surface area contributed by atoms with Crippen molar-refractivity contribution in [2.75, 3.05) is 19.6 Å². The van der Waals surface area contributed by atoms with Crippen molar-refractivity contribution in [1.29, 1.82) is 0 Å². The van der Waals surface area contributed by atoms with Crippen LogP contribution < -0.4 is 10.6 Å². The van der Waals surface area contributed by atoms with E-state index >= 15 is 0 Å². The number of carbonyl (C=O) groups excluding carboxylic acids is 1. The Balaban J connectivity index is 1.42. The van der Waals surface area contributed by atoms with Crippen LogP contribution in [0.5, 0.6) is 0 Å². The van der Waals surface area contributed by atoms with Crippen LogP contribution in [0.15, 0.2) is 48.5 Å². The van der Waals surface area contributed by atoms with Gasteiger partial charge in [0.15, 0.2) is 0 Å². The van der Waals surface area contributed by atoms with Gasteiger partial charge in [0.2, 0.25) is 0 Å². The molecule has 0 aromatic heterocycles. The Bertz CT molecular complexity index is 763. The molecule has 136 valence electrons. The van der Waals surface area contributed by atoms with Crippen molar-refractivity contribution in [3.8, 4) is 11.1 Å². The van der Waals surface area contributed by atoms with Gasteiger partial charge in [-0.1, -0.05) is 43.3 Å². The average Bonchev–Trinajstić information content (AvgIpc) is 2.67. The van der Waals surface area contributed by atoms with Crippen LogP contribution in [-0.4, -0.2) is 42.6 Å². The fraction of sp³-hybridized carbons (Fsp3) is 0.381. The number of fused-ring (bicyclic) bond motifs is 2. The lowest BCUT2D eigenvalue weighted by Gasteiger charge is -2.54. The van der Waals surface area contributed by atoms with Crippen molar-refractivity contribution in [2.45, 2.75) is 31.3 Å². The number of rotatable bonds is 4. The highest BCUT2D eigenvalue weighted by atomic mass is 19.1. The molecule has 5 rings (SSSR count). The first-order chi connectivity index (χ1) is 12.7. The number of hydrogen-bond donors (Lipinski definition) is 2. The molecule has 0 saturated carbocycles. The standard InChI is InChI=1S/C21H24FN3O/c1-2-11-23-21(26)25-12-18-20(19(13-25)24-18)16-5-3-14(4-6-16)15-7-9-17(22)10-8-15/h3-10,18-20,24H,2,11-13H2,1H3,(H,23,26)/t18-,19+,20?. The minimum atomic E-state index is -0.216. The van der Waals surface area contributed by atoms with E-state index in [0.29, 0.717) is 18.0 Å². The molecule has 3 atom stereocenters. The van der Waals surface area contributed by atoms with Crippen LogP contribution in [-0.2, 0) is 0 Å². The summed E-state index contributed by atoms with van der Waals surface area (Å²) in [6, 6.07) is 15.8. The third-order valence-corrected chi connectivity index (χ3v) is 5.42. The molecule has 0 radical (unpaired) electrons. The van der Waals surface area contributed by atoms with E-state index in [9.17, 15) is 9.18 Å². The van der Waals surface area contributed by atoms with Crippen molar-refractivity contribution in [3.05, 3.63) is 59.9 Å². The summed E-state index contributed by atoms with van der Waals surface area (Å²) in [6.07, 6.45) is 0.952. The highest BCUT2D eigenvalue weighted by molar-refractivity contribution is 5.74. The molecule has 2 amide bonds. The monoisotopic (exact) mass is 353 g/mol. The molecule has 1 unspecified atom stereocenters. The molecule has 3 saturated heterocycles. The number of benzene rings is 2. The van der Waals surface area contributed by atoms with E-state index in [2.05, 4.69) is 41.8 Å². The average molecular weight is 353 g/mol. The molecule has 2 N–H and O–H groups in total. The van der Waals surface area contributed by atoms with Crippen molar-refractivity contribution >= 4 is 6.03 Å². The second-order valence-corrected chi connectivity index (χ2v) is 7.17. The first-order valence-corrected chi connectivity index (χ1v) is 9.30. The highest BCUT2D eigenvalue weighted by Gasteiger charge is 2.47. The van der Waals surface area contributed by atoms with Gasteiger partial charge >= 0.3 is 6.03 Å². The number of piperidine rings is 1. The van der Waals surface area contributed by atoms with Crippen LogP contribution in [0, 0.1) is 5.82 Å². The lowest BCUT2D eigenvalue weighted by atomic mass is 9.74. The van der Waals surface area contributed by atoms with Crippen LogP contribution in [0.2, 0.25) is 0 Å². The maximum absolute atomic E-state index is 13.1. The molecule has 4 nitrogen and oxygen atoms in total. The summed E-state index contributed by atoms with van der Waals surface area (Å²) in [5, 5.41) is 6.52. The summed E-state index contributed by atoms with van der Waals surface area (Å²) in [5.74, 6) is 0.235. The lowest BCUT2D eigenvalue weighted by Crippen LogP contribution is -2.73. The zero-order valence-corrected chi connectivity index (χ0v) is 14.9. The number of amides is 2. The molecule has 3 heterocycles. The van der Waals surface area contributed by atoms with Gasteiger partial charge in [0.25, 0.3) is 0 Å². The Labute approximate surface area is 153 Å². The zero-order valence-electron chi connectivity index (χ0n) is 14.9. The number of hydrogen-bond acceptors (Lipinski definition) is 2. The second-order valence-electron chi connectivity index (χ2n) is 7.17. The Hall–Kier alpha value is -2.40. The number of carbonyl (C=O) groups is 1. The smallest absolute Gasteiger partial charge is 0.317 e. The normalized spacial score (nSPS) is 24.1. The van der Waals surface area contributed by atoms with Crippen LogP contribution >= 0.6 is 0 Å². The van der Waals surface area contributed by atoms with Crippen LogP contribution in [0.1, 0.15) is 24.8 Å². The molecule has 0 spiro atoms. The van der Waals surface area contributed by atoms with E-state index in [1.54, 1.807) is 12.1 Å². The van der Waals surface area contributed by atoms with Crippen molar-refractivity contribution in [2.24, 2.45) is 0 Å². The van der Waals surface area contributed by atoms with Gasteiger partial charge in [-0.2, -0.15) is 0 Å². The molecule has 5 heteroatoms. The SMILES string of the molecule is CCCNC(=O)N1C[C@@H]2N[C@H](C1)C2c1ccc(-c2ccc(F)cc2)cc1. The fourth-order valence-corrected chi connectivity index (χ4v) is 4.04. The minimum Gasteiger partial charge on any atom is -0.338 e. The van der Waals surface area contributed by atoms with E-state index in [-0.39, 0.29) is 11.8 Å². The molecule has 2 aromatic rings. The number of piperazine rings is 1. The van der Waals surface area contributed by atoms with E-state index in [1.165, 1.54) is 17.7 Å². The van der Waals surface area contributed by atoms with Crippen molar-refractivity contribution < 1.29 is 9.18 Å². The fourth-order valence-electron chi connectivity index (χ4n) is 4.04. The number of nitrogens with zero attached hydrogens (tertiary/aromatic N) is 1. The summed E-state index contributed by atoms with van der Waals surface area (Å²) < 4.78 is 13.1. The maximum atomic E-state index is 13.1. The Morgan fingerprint density at radius 2 is 1.65 bits per heavy atom. The van der Waals surface area contributed by atoms with Crippen LogP contribution in [0.3, 0.4) is 0 Å². The van der Waals surface area contributed by atoms with Crippen LogP contribution in [0.25, 0.3) is 11.1 Å². The summed E-state index contributed by atoms with van der Waals surface area (Å²) in [6.45, 7) is 4.28. The molecular weight excluding hydrogens is 329 g/mol. The first-order valence-electron chi connectivity index (χ1n) is 9.30. The Morgan fingerprint density at radius 3 is 2.23 bits per heavy atom. The Morgan fingerprint density at radius 1 is 1.08 bits per heavy atom.